The number of H-pyrrole nitrogens is 1. The van der Waals surface area contributed by atoms with Gasteiger partial charge in [-0.3, -0.25) is 5.10 Å². The minimum absolute atomic E-state index is 0.301. The summed E-state index contributed by atoms with van der Waals surface area (Å²) in [4.78, 5) is 11.6. The maximum Gasteiger partial charge on any atom is 0.340 e. The first-order valence-electron chi connectivity index (χ1n) is 5.32. The van der Waals surface area contributed by atoms with Gasteiger partial charge in [-0.1, -0.05) is 18.2 Å². The molecule has 1 atom stereocenters. The van der Waals surface area contributed by atoms with Gasteiger partial charge in [0.2, 0.25) is 6.23 Å². The Morgan fingerprint density at radius 2 is 2.24 bits per heavy atom. The van der Waals surface area contributed by atoms with Crippen LogP contribution in [0.5, 0.6) is 0 Å². The summed E-state index contributed by atoms with van der Waals surface area (Å²) >= 11 is 0. The van der Waals surface area contributed by atoms with Crippen LogP contribution in [0.2, 0.25) is 0 Å². The standard InChI is InChI=1S/C12H11N3O2/c1-7-6-10(15-14-7)13-11-8-4-2-3-5-9(8)12(16)17-11/h2-6,11H,1H3,(H2,13,14,15)/t11-/m0/s1. The average Bonchev–Trinajstić information content (AvgIpc) is 2.86. The van der Waals surface area contributed by atoms with Crippen molar-refractivity contribution in [2.24, 2.45) is 0 Å². The van der Waals surface area contributed by atoms with E-state index in [0.717, 1.165) is 11.3 Å². The second-order valence-corrected chi connectivity index (χ2v) is 3.95. The molecule has 0 fully saturated rings. The molecular weight excluding hydrogens is 218 g/mol. The molecule has 1 aliphatic rings. The van der Waals surface area contributed by atoms with Crippen molar-refractivity contribution in [3.05, 3.63) is 47.2 Å². The first kappa shape index (κ1) is 9.89. The molecule has 0 unspecified atom stereocenters. The van der Waals surface area contributed by atoms with Crippen molar-refractivity contribution in [1.29, 1.82) is 0 Å². The molecular formula is C12H11N3O2. The molecule has 5 heteroatoms. The molecule has 3 rings (SSSR count). The highest BCUT2D eigenvalue weighted by Crippen LogP contribution is 2.30. The molecule has 0 saturated carbocycles. The Bertz CT molecular complexity index is 577. The van der Waals surface area contributed by atoms with Crippen molar-refractivity contribution in [2.45, 2.75) is 13.2 Å². The molecule has 0 bridgehead atoms. The third kappa shape index (κ3) is 1.65. The highest BCUT2D eigenvalue weighted by Gasteiger charge is 2.30. The van der Waals surface area contributed by atoms with E-state index in [1.54, 1.807) is 6.07 Å². The SMILES string of the molecule is Cc1cc(N[C@H]2OC(=O)c3ccccc32)n[nH]1. The predicted octanol–water partition coefficient (Wildman–Crippen LogP) is 2.00. The zero-order chi connectivity index (χ0) is 11.8. The van der Waals surface area contributed by atoms with Crippen molar-refractivity contribution < 1.29 is 9.53 Å². The zero-order valence-electron chi connectivity index (χ0n) is 9.23. The number of aryl methyl sites for hydroxylation is 1. The average molecular weight is 229 g/mol. The number of carbonyl (C=O) groups is 1. The number of nitrogens with zero attached hydrogens (tertiary/aromatic N) is 1. The van der Waals surface area contributed by atoms with Gasteiger partial charge in [0.05, 0.1) is 5.56 Å². The molecule has 2 heterocycles. The number of aromatic nitrogens is 2. The molecule has 0 radical (unpaired) electrons. The van der Waals surface area contributed by atoms with Crippen LogP contribution in [-0.2, 0) is 4.74 Å². The summed E-state index contributed by atoms with van der Waals surface area (Å²) in [6.45, 7) is 1.91. The summed E-state index contributed by atoms with van der Waals surface area (Å²) in [5, 5.41) is 9.94. The van der Waals surface area contributed by atoms with Crippen LogP contribution in [0.25, 0.3) is 0 Å². The van der Waals surface area contributed by atoms with Gasteiger partial charge in [0.1, 0.15) is 0 Å². The van der Waals surface area contributed by atoms with Gasteiger partial charge in [-0.05, 0) is 13.0 Å². The summed E-state index contributed by atoms with van der Waals surface area (Å²) in [6, 6.07) is 9.19. The van der Waals surface area contributed by atoms with Gasteiger partial charge in [-0.15, -0.1) is 0 Å². The number of cyclic esters (lactones) is 1. The lowest BCUT2D eigenvalue weighted by atomic mass is 10.1. The van der Waals surface area contributed by atoms with Crippen molar-refractivity contribution in [1.82, 2.24) is 10.2 Å². The first-order valence-corrected chi connectivity index (χ1v) is 5.32. The summed E-state index contributed by atoms with van der Waals surface area (Å²) < 4.78 is 5.24. The normalized spacial score (nSPS) is 17.7. The van der Waals surface area contributed by atoms with E-state index in [9.17, 15) is 4.79 Å². The van der Waals surface area contributed by atoms with E-state index >= 15 is 0 Å². The lowest BCUT2D eigenvalue weighted by molar-refractivity contribution is 0.0436. The lowest BCUT2D eigenvalue weighted by Crippen LogP contribution is -2.10. The van der Waals surface area contributed by atoms with Crippen LogP contribution >= 0.6 is 0 Å². The largest absolute Gasteiger partial charge is 0.434 e. The lowest BCUT2D eigenvalue weighted by Gasteiger charge is -2.11. The van der Waals surface area contributed by atoms with Crippen LogP contribution in [0.4, 0.5) is 5.82 Å². The third-order valence-electron chi connectivity index (χ3n) is 2.67. The van der Waals surface area contributed by atoms with Gasteiger partial charge in [0, 0.05) is 17.3 Å². The second-order valence-electron chi connectivity index (χ2n) is 3.95. The predicted molar refractivity (Wildman–Crippen MR) is 61.5 cm³/mol. The summed E-state index contributed by atoms with van der Waals surface area (Å²) in [7, 11) is 0. The molecule has 0 aliphatic carbocycles. The Morgan fingerprint density at radius 3 is 3.00 bits per heavy atom. The van der Waals surface area contributed by atoms with Gasteiger partial charge in [0.25, 0.3) is 0 Å². The van der Waals surface area contributed by atoms with Crippen LogP contribution in [0, 0.1) is 6.92 Å². The Labute approximate surface area is 97.8 Å². The van der Waals surface area contributed by atoms with Crippen molar-refractivity contribution in [2.75, 3.05) is 5.32 Å². The van der Waals surface area contributed by atoms with Gasteiger partial charge < -0.3 is 10.1 Å². The van der Waals surface area contributed by atoms with E-state index in [0.29, 0.717) is 11.4 Å². The smallest absolute Gasteiger partial charge is 0.340 e. The van der Waals surface area contributed by atoms with Crippen molar-refractivity contribution >= 4 is 11.8 Å². The Balaban J connectivity index is 1.89. The number of benzene rings is 1. The molecule has 86 valence electrons. The molecule has 2 N–H and O–H groups in total. The zero-order valence-corrected chi connectivity index (χ0v) is 9.23. The van der Waals surface area contributed by atoms with Crippen LogP contribution < -0.4 is 5.32 Å². The Hall–Kier alpha value is -2.30. The van der Waals surface area contributed by atoms with Crippen molar-refractivity contribution in [3.63, 3.8) is 0 Å². The Morgan fingerprint density at radius 1 is 1.41 bits per heavy atom. The van der Waals surface area contributed by atoms with E-state index in [1.165, 1.54) is 0 Å². The number of hydrogen-bond donors (Lipinski definition) is 2. The quantitative estimate of drug-likeness (QED) is 0.773. The molecule has 1 aromatic heterocycles. The van der Waals surface area contributed by atoms with Gasteiger partial charge >= 0.3 is 5.97 Å². The van der Waals surface area contributed by atoms with E-state index in [2.05, 4.69) is 15.5 Å². The molecule has 2 aromatic rings. The molecule has 0 amide bonds. The van der Waals surface area contributed by atoms with E-state index in [-0.39, 0.29) is 5.97 Å². The summed E-state index contributed by atoms with van der Waals surface area (Å²) in [5.74, 6) is 0.363. The van der Waals surface area contributed by atoms with Gasteiger partial charge in [0.15, 0.2) is 5.82 Å². The fraction of sp³-hybridized carbons (Fsp3) is 0.167. The number of ether oxygens (including phenoxy) is 1. The minimum atomic E-state index is -0.457. The molecule has 0 saturated heterocycles. The first-order chi connectivity index (χ1) is 8.24. The van der Waals surface area contributed by atoms with Crippen LogP contribution in [0.3, 0.4) is 0 Å². The number of nitrogens with one attached hydrogen (secondary N) is 2. The highest BCUT2D eigenvalue weighted by molar-refractivity contribution is 5.94. The second kappa shape index (κ2) is 3.62. The number of esters is 1. The van der Waals surface area contributed by atoms with Gasteiger partial charge in [-0.2, -0.15) is 5.10 Å². The molecule has 5 nitrogen and oxygen atoms in total. The summed E-state index contributed by atoms with van der Waals surface area (Å²) in [6.07, 6.45) is -0.457. The van der Waals surface area contributed by atoms with Crippen molar-refractivity contribution in [3.8, 4) is 0 Å². The molecule has 1 aliphatic heterocycles. The van der Waals surface area contributed by atoms with Crippen LogP contribution in [-0.4, -0.2) is 16.2 Å². The minimum Gasteiger partial charge on any atom is -0.434 e. The molecule has 0 spiro atoms. The number of rotatable bonds is 2. The number of aromatic amines is 1. The topological polar surface area (TPSA) is 67.0 Å². The van der Waals surface area contributed by atoms with E-state index < -0.39 is 6.23 Å². The number of carbonyl (C=O) groups excluding carboxylic acids is 1. The molecule has 1 aromatic carbocycles. The van der Waals surface area contributed by atoms with Crippen LogP contribution in [0.1, 0.15) is 27.8 Å². The van der Waals surface area contributed by atoms with E-state index in [4.69, 9.17) is 4.74 Å². The number of hydrogen-bond acceptors (Lipinski definition) is 4. The monoisotopic (exact) mass is 229 g/mol. The fourth-order valence-electron chi connectivity index (χ4n) is 1.88. The molecule has 17 heavy (non-hydrogen) atoms. The fourth-order valence-corrected chi connectivity index (χ4v) is 1.88. The Kier molecular flexibility index (Phi) is 2.11. The number of anilines is 1. The maximum atomic E-state index is 11.6. The third-order valence-corrected chi connectivity index (χ3v) is 2.67. The highest BCUT2D eigenvalue weighted by atomic mass is 16.6. The number of fused-ring (bicyclic) bond motifs is 1. The van der Waals surface area contributed by atoms with Crippen LogP contribution in [0.15, 0.2) is 30.3 Å². The summed E-state index contributed by atoms with van der Waals surface area (Å²) in [5.41, 5.74) is 2.40. The van der Waals surface area contributed by atoms with E-state index in [1.807, 2.05) is 31.2 Å². The maximum absolute atomic E-state index is 11.6. The van der Waals surface area contributed by atoms with Gasteiger partial charge in [-0.25, -0.2) is 4.79 Å².